The normalized spacial score (nSPS) is 15.7. The number of carbonyl (C=O) groups excluding carboxylic acids is 3. The number of carboxylic acids is 2. The number of halogens is 7. The van der Waals surface area contributed by atoms with E-state index in [1.54, 1.807) is 23.1 Å². The Labute approximate surface area is 402 Å². The highest BCUT2D eigenvalue weighted by atomic mass is 32.1. The van der Waals surface area contributed by atoms with Gasteiger partial charge in [0.2, 0.25) is 5.91 Å². The molecule has 0 bridgehead atoms. The Morgan fingerprint density at radius 1 is 0.957 bits per heavy atom. The lowest BCUT2D eigenvalue weighted by Crippen LogP contribution is -2.58. The van der Waals surface area contributed by atoms with E-state index in [1.165, 1.54) is 11.3 Å². The third kappa shape index (κ3) is 17.1. The largest absolute Gasteiger partial charge is 0.506 e. The maximum Gasteiger partial charge on any atom is 0.490 e. The first-order valence-corrected chi connectivity index (χ1v) is 23.1. The van der Waals surface area contributed by atoms with E-state index in [-0.39, 0.29) is 60.4 Å². The minimum atomic E-state index is -5.08. The molecule has 388 valence electrons. The van der Waals surface area contributed by atoms with E-state index in [0.29, 0.717) is 100 Å². The Balaban J connectivity index is 0.000000664. The predicted molar refractivity (Wildman–Crippen MR) is 239 cm³/mol. The smallest absolute Gasteiger partial charge is 0.490 e. The van der Waals surface area contributed by atoms with Crippen LogP contribution >= 0.6 is 11.3 Å². The number of anilines is 1. The van der Waals surface area contributed by atoms with Gasteiger partial charge in [-0.3, -0.25) is 19.3 Å². The van der Waals surface area contributed by atoms with Crippen molar-refractivity contribution in [1.29, 1.82) is 0 Å². The zero-order valence-electron chi connectivity index (χ0n) is 38.7. The number of morpholine rings is 1. The number of nitrogens with one attached hydrogen (secondary N) is 2. The van der Waals surface area contributed by atoms with Crippen molar-refractivity contribution in [3.05, 3.63) is 68.9 Å². The van der Waals surface area contributed by atoms with Gasteiger partial charge in [-0.1, -0.05) is 38.1 Å². The van der Waals surface area contributed by atoms with Crippen LogP contribution < -0.4 is 15.4 Å². The van der Waals surface area contributed by atoms with Crippen LogP contribution in [0.15, 0.2) is 35.7 Å². The molecule has 3 aliphatic heterocycles. The highest BCUT2D eigenvalue weighted by Gasteiger charge is 2.42. The third-order valence-corrected chi connectivity index (χ3v) is 12.4. The number of benzene rings is 2. The number of carboxylic acid groups (broad SMARTS) is 2. The number of thiazole rings is 1. The van der Waals surface area contributed by atoms with E-state index in [1.807, 2.05) is 29.3 Å². The number of aromatic nitrogens is 1. The van der Waals surface area contributed by atoms with Gasteiger partial charge in [0.25, 0.3) is 11.8 Å². The highest BCUT2D eigenvalue weighted by molar-refractivity contribution is 7.09. The summed E-state index contributed by atoms with van der Waals surface area (Å²) in [5, 5.41) is 33.1. The first-order valence-electron chi connectivity index (χ1n) is 22.3. The van der Waals surface area contributed by atoms with Gasteiger partial charge in [0.1, 0.15) is 22.9 Å². The van der Waals surface area contributed by atoms with Crippen LogP contribution in [0.1, 0.15) is 78.1 Å². The second kappa shape index (κ2) is 26.0. The van der Waals surface area contributed by atoms with Crippen molar-refractivity contribution >= 4 is 46.7 Å². The summed E-state index contributed by atoms with van der Waals surface area (Å²) in [6.07, 6.45) is -7.34. The lowest BCUT2D eigenvalue weighted by molar-refractivity contribution is -0.193. The van der Waals surface area contributed by atoms with Crippen LogP contribution in [0.2, 0.25) is 0 Å². The van der Waals surface area contributed by atoms with Gasteiger partial charge in [0.05, 0.1) is 43.4 Å². The molecule has 0 atom stereocenters. The van der Waals surface area contributed by atoms with Gasteiger partial charge in [-0.15, -0.1) is 11.3 Å². The molecule has 2 aromatic carbocycles. The van der Waals surface area contributed by atoms with Gasteiger partial charge in [-0.25, -0.2) is 19.0 Å². The zero-order chi connectivity index (χ0) is 51.8. The summed E-state index contributed by atoms with van der Waals surface area (Å²) in [4.78, 5) is 66.1. The molecule has 6 rings (SSSR count). The van der Waals surface area contributed by atoms with Gasteiger partial charge >= 0.3 is 24.3 Å². The molecular weight excluding hydrogens is 966 g/mol. The Morgan fingerprint density at radius 3 is 2.23 bits per heavy atom. The third-order valence-electron chi connectivity index (χ3n) is 11.2. The number of fused-ring (bicyclic) bond motifs is 1. The average molecular weight is 1020 g/mol. The number of aliphatic carboxylic acids is 2. The molecule has 1 aromatic heterocycles. The monoisotopic (exact) mass is 1020 g/mol. The summed E-state index contributed by atoms with van der Waals surface area (Å²) in [6.45, 7) is 12.5. The lowest BCUT2D eigenvalue weighted by Gasteiger charge is -2.47. The van der Waals surface area contributed by atoms with Crippen LogP contribution in [0.25, 0.3) is 0 Å². The standard InChI is InChI=1S/C41H55FN6O7S.2C2HF3O2/c1-4-47(19-16-43-15-10-30-8-9-33(49)37-38(30)54-25-34(50)45-37)35(51)12-22-53-21-11-29-6-5-7-31(36(29)42)24-46-17-13-41(14-18-46)27-48(20-23-55-41)40(52)32-26-56-39(44-32)28(2)3;2*3-2(4,5)1(6)7/h5-9,26,28,43,49H,4,10-25,27H2,1-3H3,(H,45,50);2*(H,6,7). The molecule has 0 radical (unpaired) electrons. The van der Waals surface area contributed by atoms with Crippen molar-refractivity contribution in [2.45, 2.75) is 83.3 Å². The number of ether oxygens (including phenoxy) is 3. The number of nitrogens with zero attached hydrogens (tertiary/aromatic N) is 4. The number of carbonyl (C=O) groups is 5. The van der Waals surface area contributed by atoms with E-state index in [9.17, 15) is 45.8 Å². The molecule has 4 heterocycles. The molecule has 1 spiro atoms. The average Bonchev–Trinajstić information content (AvgIpc) is 3.81. The number of likely N-dealkylation sites (N-methyl/N-ethyl adjacent to an activating group) is 1. The Bertz CT molecular complexity index is 2230. The van der Waals surface area contributed by atoms with Crippen LogP contribution in [-0.4, -0.2) is 161 Å². The quantitative estimate of drug-likeness (QED) is 0.0609. The van der Waals surface area contributed by atoms with Crippen LogP contribution in [-0.2, 0) is 48.0 Å². The van der Waals surface area contributed by atoms with Crippen LogP contribution in [0.5, 0.6) is 11.5 Å². The zero-order valence-corrected chi connectivity index (χ0v) is 39.5. The Morgan fingerprint density at radius 2 is 1.61 bits per heavy atom. The number of likely N-dealkylation sites (tertiary alicyclic amines) is 1. The van der Waals surface area contributed by atoms with E-state index in [2.05, 4.69) is 34.4 Å². The number of alkyl halides is 6. The molecule has 2 fully saturated rings. The summed E-state index contributed by atoms with van der Waals surface area (Å²) in [6, 6.07) is 8.84. The fourth-order valence-electron chi connectivity index (χ4n) is 7.48. The maximum absolute atomic E-state index is 15.6. The summed E-state index contributed by atoms with van der Waals surface area (Å²) < 4.78 is 96.7. The van der Waals surface area contributed by atoms with Gasteiger partial charge in [0.15, 0.2) is 12.4 Å². The molecule has 25 heteroatoms. The van der Waals surface area contributed by atoms with Crippen molar-refractivity contribution in [3.63, 3.8) is 0 Å². The molecule has 3 aromatic rings. The SMILES string of the molecule is CCN(CCNCCc1ccc(O)c2c1OCC(=O)N2)C(=O)CCOCCc1cccc(CN2CCC3(CC2)CN(C(=O)c2csc(C(C)C)n2)CCO3)c1F.O=C(O)C(F)(F)F.O=C(O)C(F)(F)F. The first-order chi connectivity index (χ1) is 32.9. The second-order valence-electron chi connectivity index (χ2n) is 16.6. The molecular formula is C45H57F7N6O11S. The summed E-state index contributed by atoms with van der Waals surface area (Å²) in [5.41, 5.74) is 2.55. The molecule has 0 unspecified atom stereocenters. The predicted octanol–water partition coefficient (Wildman–Crippen LogP) is 5.85. The minimum absolute atomic E-state index is 0.000155. The Hall–Kier alpha value is -5.63. The number of piperidine rings is 1. The topological polar surface area (TPSA) is 220 Å². The summed E-state index contributed by atoms with van der Waals surface area (Å²) in [7, 11) is 0. The number of phenolic OH excluding ortho intramolecular Hbond substituents is 1. The van der Waals surface area contributed by atoms with E-state index >= 15 is 4.39 Å². The van der Waals surface area contributed by atoms with Crippen LogP contribution in [0, 0.1) is 5.82 Å². The van der Waals surface area contributed by atoms with E-state index in [0.717, 1.165) is 36.5 Å². The molecule has 5 N–H and O–H groups in total. The lowest BCUT2D eigenvalue weighted by atomic mass is 9.89. The van der Waals surface area contributed by atoms with Crippen molar-refractivity contribution in [3.8, 4) is 11.5 Å². The van der Waals surface area contributed by atoms with Crippen molar-refractivity contribution in [2.75, 3.05) is 84.1 Å². The molecule has 70 heavy (non-hydrogen) atoms. The number of hydrogen-bond donors (Lipinski definition) is 5. The fourth-order valence-corrected chi connectivity index (χ4v) is 8.28. The number of hydrogen-bond acceptors (Lipinski definition) is 13. The van der Waals surface area contributed by atoms with Gasteiger partial charge in [-0.2, -0.15) is 26.3 Å². The Kier molecular flexibility index (Phi) is 21.2. The van der Waals surface area contributed by atoms with Gasteiger partial charge < -0.3 is 50.0 Å². The van der Waals surface area contributed by atoms with Crippen molar-refractivity contribution < 1.29 is 84.2 Å². The van der Waals surface area contributed by atoms with E-state index in [4.69, 9.17) is 34.0 Å². The number of phenols is 1. The molecule has 0 aliphatic carbocycles. The number of aromatic hydroxyl groups is 1. The first kappa shape index (κ1) is 57.0. The second-order valence-corrected chi connectivity index (χ2v) is 17.5. The number of amides is 3. The molecule has 2 saturated heterocycles. The summed E-state index contributed by atoms with van der Waals surface area (Å²) >= 11 is 1.53. The van der Waals surface area contributed by atoms with Crippen molar-refractivity contribution in [1.82, 2.24) is 25.0 Å². The molecule has 17 nitrogen and oxygen atoms in total. The summed E-state index contributed by atoms with van der Waals surface area (Å²) in [5.74, 6) is -5.31. The fraction of sp³-hybridized carbons (Fsp3) is 0.556. The van der Waals surface area contributed by atoms with Crippen LogP contribution in [0.4, 0.5) is 36.4 Å². The van der Waals surface area contributed by atoms with Crippen LogP contribution in [0.3, 0.4) is 0 Å². The van der Waals surface area contributed by atoms with E-state index < -0.39 is 24.3 Å². The van der Waals surface area contributed by atoms with Gasteiger partial charge in [0, 0.05) is 62.7 Å². The minimum Gasteiger partial charge on any atom is -0.506 e. The van der Waals surface area contributed by atoms with Crippen molar-refractivity contribution in [2.24, 2.45) is 0 Å². The molecule has 3 aliphatic rings. The maximum atomic E-state index is 15.6. The molecule has 0 saturated carbocycles. The highest BCUT2D eigenvalue weighted by Crippen LogP contribution is 2.39. The number of rotatable bonds is 17. The van der Waals surface area contributed by atoms with Gasteiger partial charge in [-0.05, 0) is 56.3 Å². The molecule has 3 amide bonds.